The maximum absolute atomic E-state index is 11.6. The van der Waals surface area contributed by atoms with Crippen LogP contribution in [0.15, 0.2) is 12.2 Å². The van der Waals surface area contributed by atoms with Crippen molar-refractivity contribution in [3.8, 4) is 0 Å². The Morgan fingerprint density at radius 1 is 1.27 bits per heavy atom. The lowest BCUT2D eigenvalue weighted by atomic mass is 9.80. The van der Waals surface area contributed by atoms with E-state index in [0.717, 1.165) is 24.8 Å². The predicted molar refractivity (Wildman–Crippen MR) is 44.2 cm³/mol. The maximum Gasteiger partial charge on any atom is 0.164 e. The van der Waals surface area contributed by atoms with Crippen LogP contribution < -0.4 is 0 Å². The first-order valence-corrected chi connectivity index (χ1v) is 4.22. The molecule has 2 aliphatic rings. The van der Waals surface area contributed by atoms with Crippen molar-refractivity contribution in [2.45, 2.75) is 33.1 Å². The molecule has 0 aromatic carbocycles. The van der Waals surface area contributed by atoms with Gasteiger partial charge >= 0.3 is 0 Å². The number of carbonyl (C=O) groups is 1. The highest BCUT2D eigenvalue weighted by Gasteiger charge is 2.57. The average Bonchev–Trinajstić information content (AvgIpc) is 2.32. The van der Waals surface area contributed by atoms with Crippen LogP contribution in [0.25, 0.3) is 0 Å². The quantitative estimate of drug-likeness (QED) is 0.484. The van der Waals surface area contributed by atoms with Gasteiger partial charge in [-0.05, 0) is 30.3 Å². The molecule has 0 N–H and O–H groups in total. The van der Waals surface area contributed by atoms with Crippen molar-refractivity contribution in [1.82, 2.24) is 0 Å². The minimum Gasteiger partial charge on any atom is -0.294 e. The third-order valence-electron chi connectivity index (χ3n) is 3.56. The molecule has 11 heavy (non-hydrogen) atoms. The molecule has 0 saturated heterocycles. The lowest BCUT2D eigenvalue weighted by molar-refractivity contribution is -0.122. The molecule has 0 aromatic heterocycles. The van der Waals surface area contributed by atoms with Gasteiger partial charge in [0.05, 0.1) is 0 Å². The van der Waals surface area contributed by atoms with Crippen LogP contribution in [-0.4, -0.2) is 5.78 Å². The predicted octanol–water partition coefficient (Wildman–Crippen LogP) is 2.32. The van der Waals surface area contributed by atoms with E-state index in [2.05, 4.69) is 20.4 Å². The van der Waals surface area contributed by atoms with Crippen LogP contribution >= 0.6 is 0 Å². The highest BCUT2D eigenvalue weighted by molar-refractivity contribution is 6.03. The number of hydrogen-bond donors (Lipinski definition) is 0. The van der Waals surface area contributed by atoms with Crippen molar-refractivity contribution >= 4 is 5.78 Å². The summed E-state index contributed by atoms with van der Waals surface area (Å²) >= 11 is 0. The second kappa shape index (κ2) is 1.60. The molecule has 1 nitrogen and oxygen atoms in total. The SMILES string of the molecule is C=C1C(=O)C2(C)CCC1(C)C2. The summed E-state index contributed by atoms with van der Waals surface area (Å²) in [5.41, 5.74) is 1.00. The van der Waals surface area contributed by atoms with E-state index in [-0.39, 0.29) is 10.8 Å². The van der Waals surface area contributed by atoms with Gasteiger partial charge in [0.2, 0.25) is 0 Å². The van der Waals surface area contributed by atoms with Crippen LogP contribution in [0.1, 0.15) is 33.1 Å². The van der Waals surface area contributed by atoms with E-state index in [9.17, 15) is 4.79 Å². The van der Waals surface area contributed by atoms with Gasteiger partial charge in [0.1, 0.15) is 0 Å². The van der Waals surface area contributed by atoms with Crippen LogP contribution in [0, 0.1) is 10.8 Å². The molecule has 0 aromatic rings. The number of allylic oxidation sites excluding steroid dienone is 1. The molecule has 0 heterocycles. The van der Waals surface area contributed by atoms with Crippen LogP contribution in [0.5, 0.6) is 0 Å². The molecule has 2 aliphatic carbocycles. The molecule has 2 atom stereocenters. The fraction of sp³-hybridized carbons (Fsp3) is 0.700. The third kappa shape index (κ3) is 0.640. The summed E-state index contributed by atoms with van der Waals surface area (Å²) < 4.78 is 0. The molecule has 2 bridgehead atoms. The molecular formula is C10H14O. The summed E-state index contributed by atoms with van der Waals surface area (Å²) in [6, 6.07) is 0. The van der Waals surface area contributed by atoms with Gasteiger partial charge in [-0.3, -0.25) is 4.79 Å². The molecule has 2 saturated carbocycles. The molecule has 2 rings (SSSR count). The second-order valence-electron chi connectivity index (χ2n) is 4.61. The molecule has 2 unspecified atom stereocenters. The number of Topliss-reactive ketones (excluding diaryl/α,β-unsaturated/α-hetero) is 1. The van der Waals surface area contributed by atoms with Crippen LogP contribution in [0.2, 0.25) is 0 Å². The topological polar surface area (TPSA) is 17.1 Å². The van der Waals surface area contributed by atoms with Crippen molar-refractivity contribution in [1.29, 1.82) is 0 Å². The number of rotatable bonds is 0. The highest BCUT2D eigenvalue weighted by atomic mass is 16.1. The van der Waals surface area contributed by atoms with Gasteiger partial charge in [-0.1, -0.05) is 20.4 Å². The summed E-state index contributed by atoms with van der Waals surface area (Å²) in [4.78, 5) is 11.6. The van der Waals surface area contributed by atoms with E-state index in [0.29, 0.717) is 5.78 Å². The Morgan fingerprint density at radius 3 is 2.09 bits per heavy atom. The molecule has 2 fully saturated rings. The molecule has 60 valence electrons. The summed E-state index contributed by atoms with van der Waals surface area (Å²) in [5.74, 6) is 0.325. The summed E-state index contributed by atoms with van der Waals surface area (Å²) in [6.45, 7) is 8.14. The molecule has 0 amide bonds. The van der Waals surface area contributed by atoms with Gasteiger partial charge in [0.15, 0.2) is 5.78 Å². The van der Waals surface area contributed by atoms with Crippen molar-refractivity contribution in [3.05, 3.63) is 12.2 Å². The van der Waals surface area contributed by atoms with Gasteiger partial charge in [-0.25, -0.2) is 0 Å². The number of hydrogen-bond acceptors (Lipinski definition) is 1. The van der Waals surface area contributed by atoms with Gasteiger partial charge in [-0.2, -0.15) is 0 Å². The fourth-order valence-electron chi connectivity index (χ4n) is 2.68. The Bertz CT molecular complexity index is 228. The Balaban J connectivity index is 2.50. The highest BCUT2D eigenvalue weighted by Crippen LogP contribution is 2.60. The van der Waals surface area contributed by atoms with Crippen LogP contribution in [-0.2, 0) is 4.79 Å². The minimum absolute atomic E-state index is 0.0359. The Morgan fingerprint density at radius 2 is 1.82 bits per heavy atom. The first-order valence-electron chi connectivity index (χ1n) is 4.22. The molecule has 0 aliphatic heterocycles. The summed E-state index contributed by atoms with van der Waals surface area (Å²) in [7, 11) is 0. The Labute approximate surface area is 67.5 Å². The van der Waals surface area contributed by atoms with Gasteiger partial charge in [0, 0.05) is 5.41 Å². The van der Waals surface area contributed by atoms with Crippen molar-refractivity contribution < 1.29 is 4.79 Å². The van der Waals surface area contributed by atoms with E-state index in [1.807, 2.05) is 0 Å². The first-order chi connectivity index (χ1) is 4.98. The fourth-order valence-corrected chi connectivity index (χ4v) is 2.68. The van der Waals surface area contributed by atoms with E-state index in [1.54, 1.807) is 0 Å². The summed E-state index contributed by atoms with van der Waals surface area (Å²) in [6.07, 6.45) is 3.27. The van der Waals surface area contributed by atoms with Crippen molar-refractivity contribution in [3.63, 3.8) is 0 Å². The Kier molecular flexibility index (Phi) is 1.03. The van der Waals surface area contributed by atoms with Crippen molar-refractivity contribution in [2.75, 3.05) is 0 Å². The lowest BCUT2D eigenvalue weighted by Crippen LogP contribution is -2.24. The summed E-state index contributed by atoms with van der Waals surface area (Å²) in [5, 5.41) is 0. The van der Waals surface area contributed by atoms with Crippen molar-refractivity contribution in [2.24, 2.45) is 10.8 Å². The van der Waals surface area contributed by atoms with E-state index in [1.165, 1.54) is 0 Å². The van der Waals surface area contributed by atoms with Gasteiger partial charge < -0.3 is 0 Å². The van der Waals surface area contributed by atoms with E-state index < -0.39 is 0 Å². The zero-order chi connectivity index (χ0) is 8.28. The Hall–Kier alpha value is -0.590. The zero-order valence-corrected chi connectivity index (χ0v) is 7.24. The number of fused-ring (bicyclic) bond motifs is 2. The molecular weight excluding hydrogens is 136 g/mol. The number of ketones is 1. The van der Waals surface area contributed by atoms with E-state index >= 15 is 0 Å². The first kappa shape index (κ1) is 7.08. The second-order valence-corrected chi connectivity index (χ2v) is 4.61. The minimum atomic E-state index is -0.0359. The molecule has 1 heteroatoms. The van der Waals surface area contributed by atoms with Gasteiger partial charge in [0.25, 0.3) is 0 Å². The third-order valence-corrected chi connectivity index (χ3v) is 3.56. The van der Waals surface area contributed by atoms with Gasteiger partial charge in [-0.15, -0.1) is 0 Å². The lowest BCUT2D eigenvalue weighted by Gasteiger charge is -2.23. The van der Waals surface area contributed by atoms with E-state index in [4.69, 9.17) is 0 Å². The standard InChI is InChI=1S/C10H14O/c1-7-8(11)10(3)5-4-9(7,2)6-10/h1,4-6H2,2-3H3. The largest absolute Gasteiger partial charge is 0.294 e. The molecule has 0 radical (unpaired) electrons. The number of carbonyl (C=O) groups excluding carboxylic acids is 1. The normalized spacial score (nSPS) is 48.9. The average molecular weight is 150 g/mol. The van der Waals surface area contributed by atoms with Crippen LogP contribution in [0.4, 0.5) is 0 Å². The monoisotopic (exact) mass is 150 g/mol. The zero-order valence-electron chi connectivity index (χ0n) is 7.24. The molecule has 0 spiro atoms. The van der Waals surface area contributed by atoms with Crippen LogP contribution in [0.3, 0.4) is 0 Å². The smallest absolute Gasteiger partial charge is 0.164 e. The maximum atomic E-state index is 11.6.